The molecule has 1 unspecified atom stereocenters. The Kier molecular flexibility index (Phi) is 5.85. The summed E-state index contributed by atoms with van der Waals surface area (Å²) in [6.07, 6.45) is 2.78. The van der Waals surface area contributed by atoms with Crippen molar-refractivity contribution in [2.24, 2.45) is 5.92 Å². The first-order chi connectivity index (χ1) is 14.1. The van der Waals surface area contributed by atoms with Gasteiger partial charge in [0, 0.05) is 22.8 Å². The monoisotopic (exact) mass is 407 g/mol. The van der Waals surface area contributed by atoms with E-state index in [4.69, 9.17) is 4.74 Å². The summed E-state index contributed by atoms with van der Waals surface area (Å²) in [5, 5.41) is 3.61. The number of hydrogen-bond donors (Lipinski definition) is 2. The topological polar surface area (TPSA) is 72.0 Å². The van der Waals surface area contributed by atoms with E-state index in [0.717, 1.165) is 34.0 Å². The molecule has 1 aliphatic rings. The van der Waals surface area contributed by atoms with Gasteiger partial charge < -0.3 is 10.1 Å². The summed E-state index contributed by atoms with van der Waals surface area (Å²) in [4.78, 5) is 14.8. The van der Waals surface area contributed by atoms with Crippen molar-refractivity contribution in [3.63, 3.8) is 0 Å². The molecule has 0 amide bonds. The third-order valence-corrected chi connectivity index (χ3v) is 5.38. The van der Waals surface area contributed by atoms with Crippen LogP contribution >= 0.6 is 11.9 Å². The minimum Gasteiger partial charge on any atom is -0.475 e. The van der Waals surface area contributed by atoms with E-state index in [1.807, 2.05) is 31.2 Å². The maximum Gasteiger partial charge on any atom is 0.237 e. The number of pyridine rings is 1. The van der Waals surface area contributed by atoms with Crippen LogP contribution in [0.5, 0.6) is 5.88 Å². The summed E-state index contributed by atoms with van der Waals surface area (Å²) in [6, 6.07) is 14.3. The zero-order valence-corrected chi connectivity index (χ0v) is 17.7. The van der Waals surface area contributed by atoms with Crippen LogP contribution in [0.25, 0.3) is 11.4 Å². The fourth-order valence-corrected chi connectivity index (χ4v) is 3.97. The molecule has 3 aromatic rings. The second-order valence-corrected chi connectivity index (χ2v) is 8.48. The van der Waals surface area contributed by atoms with Gasteiger partial charge in [0.2, 0.25) is 11.8 Å². The molecule has 4 rings (SSSR count). The van der Waals surface area contributed by atoms with Crippen LogP contribution in [0.3, 0.4) is 0 Å². The Labute approximate surface area is 175 Å². The summed E-state index contributed by atoms with van der Waals surface area (Å²) in [6.45, 7) is 6.99. The first-order valence-electron chi connectivity index (χ1n) is 9.80. The molecule has 0 aliphatic carbocycles. The predicted octanol–water partition coefficient (Wildman–Crippen LogP) is 5.19. The molecule has 0 saturated heterocycles. The molecule has 0 fully saturated rings. The smallest absolute Gasteiger partial charge is 0.237 e. The fraction of sp³-hybridized carbons (Fsp3) is 0.318. The van der Waals surface area contributed by atoms with Gasteiger partial charge in [-0.25, -0.2) is 4.98 Å². The van der Waals surface area contributed by atoms with Crippen molar-refractivity contribution >= 4 is 23.6 Å². The number of nitrogens with zero attached hydrogens (tertiary/aromatic N) is 3. The average Bonchev–Trinajstić information content (AvgIpc) is 2.70. The van der Waals surface area contributed by atoms with Gasteiger partial charge in [-0.3, -0.25) is 9.71 Å². The maximum absolute atomic E-state index is 6.12. The lowest BCUT2D eigenvalue weighted by atomic mass is 10.0. The summed E-state index contributed by atoms with van der Waals surface area (Å²) < 4.78 is 9.36. The van der Waals surface area contributed by atoms with Crippen LogP contribution in [-0.4, -0.2) is 27.6 Å². The van der Waals surface area contributed by atoms with Crippen molar-refractivity contribution in [1.82, 2.24) is 15.0 Å². The van der Waals surface area contributed by atoms with Crippen molar-refractivity contribution in [2.45, 2.75) is 38.1 Å². The van der Waals surface area contributed by atoms with Crippen LogP contribution in [0.1, 0.15) is 25.8 Å². The zero-order valence-electron chi connectivity index (χ0n) is 16.8. The number of rotatable bonds is 3. The Bertz CT molecular complexity index is 994. The lowest BCUT2D eigenvalue weighted by molar-refractivity contribution is 0.271. The van der Waals surface area contributed by atoms with E-state index in [2.05, 4.69) is 57.0 Å². The van der Waals surface area contributed by atoms with Gasteiger partial charge in [0.15, 0.2) is 0 Å². The van der Waals surface area contributed by atoms with Crippen LogP contribution in [0.4, 0.5) is 11.6 Å². The summed E-state index contributed by atoms with van der Waals surface area (Å²) in [5.41, 5.74) is 3.72. The van der Waals surface area contributed by atoms with Gasteiger partial charge in [0.05, 0.1) is 17.4 Å². The molecule has 3 heterocycles. The molecular weight excluding hydrogens is 382 g/mol. The highest BCUT2D eigenvalue weighted by molar-refractivity contribution is 8.00. The molecule has 0 saturated carbocycles. The second kappa shape index (κ2) is 8.69. The van der Waals surface area contributed by atoms with E-state index in [-0.39, 0.29) is 6.04 Å². The van der Waals surface area contributed by atoms with E-state index in [1.54, 1.807) is 6.20 Å². The number of ether oxygens (including phenoxy) is 1. The SMILES string of the molecule is Cc1cccnc1-c1cc2nc(n1)NSc1cccc(c1)NC(CC(C)C)CO2. The Balaban J connectivity index is 1.71. The highest BCUT2D eigenvalue weighted by Crippen LogP contribution is 2.28. The number of hydrogen-bond acceptors (Lipinski definition) is 7. The fourth-order valence-electron chi connectivity index (χ4n) is 3.33. The molecule has 29 heavy (non-hydrogen) atoms. The molecule has 0 radical (unpaired) electrons. The van der Waals surface area contributed by atoms with Crippen LogP contribution in [0.15, 0.2) is 53.6 Å². The van der Waals surface area contributed by atoms with Gasteiger partial charge in [-0.05, 0) is 61.0 Å². The Hall–Kier alpha value is -2.80. The highest BCUT2D eigenvalue weighted by atomic mass is 32.2. The van der Waals surface area contributed by atoms with Gasteiger partial charge >= 0.3 is 0 Å². The lowest BCUT2D eigenvalue weighted by Gasteiger charge is -2.23. The van der Waals surface area contributed by atoms with Crippen molar-refractivity contribution < 1.29 is 4.74 Å². The largest absolute Gasteiger partial charge is 0.475 e. The predicted molar refractivity (Wildman–Crippen MR) is 118 cm³/mol. The Morgan fingerprint density at radius 3 is 2.90 bits per heavy atom. The van der Waals surface area contributed by atoms with Crippen LogP contribution in [-0.2, 0) is 0 Å². The molecule has 4 bridgehead atoms. The van der Waals surface area contributed by atoms with Gasteiger partial charge in [-0.15, -0.1) is 0 Å². The number of nitrogens with one attached hydrogen (secondary N) is 2. The van der Waals surface area contributed by atoms with Crippen LogP contribution < -0.4 is 14.8 Å². The van der Waals surface area contributed by atoms with E-state index in [1.165, 1.54) is 11.9 Å². The molecule has 0 spiro atoms. The molecule has 2 N–H and O–H groups in total. The van der Waals surface area contributed by atoms with Crippen molar-refractivity contribution in [3.8, 4) is 17.3 Å². The molecule has 7 heteroatoms. The average molecular weight is 408 g/mol. The first kappa shape index (κ1) is 19.5. The minimum atomic E-state index is 0.182. The zero-order chi connectivity index (χ0) is 20.2. The van der Waals surface area contributed by atoms with Gasteiger partial charge in [0.1, 0.15) is 6.61 Å². The van der Waals surface area contributed by atoms with E-state index in [0.29, 0.717) is 24.4 Å². The maximum atomic E-state index is 6.12. The first-order valence-corrected chi connectivity index (χ1v) is 10.6. The number of fused-ring (bicyclic) bond motifs is 4. The summed E-state index contributed by atoms with van der Waals surface area (Å²) in [5.74, 6) is 1.60. The lowest BCUT2D eigenvalue weighted by Crippen LogP contribution is -2.29. The van der Waals surface area contributed by atoms with E-state index in [9.17, 15) is 0 Å². The van der Waals surface area contributed by atoms with E-state index >= 15 is 0 Å². The Morgan fingerprint density at radius 1 is 1.17 bits per heavy atom. The van der Waals surface area contributed by atoms with Crippen molar-refractivity contribution in [2.75, 3.05) is 16.6 Å². The van der Waals surface area contributed by atoms with E-state index < -0.39 is 0 Å². The molecule has 1 aromatic carbocycles. The van der Waals surface area contributed by atoms with Crippen molar-refractivity contribution in [1.29, 1.82) is 0 Å². The number of anilines is 2. The van der Waals surface area contributed by atoms with Gasteiger partial charge in [0.25, 0.3) is 0 Å². The van der Waals surface area contributed by atoms with Gasteiger partial charge in [-0.1, -0.05) is 26.0 Å². The third-order valence-electron chi connectivity index (χ3n) is 4.61. The summed E-state index contributed by atoms with van der Waals surface area (Å²) >= 11 is 1.48. The molecule has 1 atom stereocenters. The summed E-state index contributed by atoms with van der Waals surface area (Å²) in [7, 11) is 0. The highest BCUT2D eigenvalue weighted by Gasteiger charge is 2.16. The molecule has 6 nitrogen and oxygen atoms in total. The van der Waals surface area contributed by atoms with Crippen LogP contribution in [0.2, 0.25) is 0 Å². The van der Waals surface area contributed by atoms with Gasteiger partial charge in [-0.2, -0.15) is 4.98 Å². The third kappa shape index (κ3) is 4.98. The van der Waals surface area contributed by atoms with Crippen LogP contribution in [0, 0.1) is 12.8 Å². The minimum absolute atomic E-state index is 0.182. The standard InChI is InChI=1S/C22H25N5OS/c1-14(2)10-17-13-28-20-12-19(21-15(3)6-5-9-23-21)25-22(26-20)27-29-18-8-4-7-16(11-18)24-17/h4-9,11-12,14,17,24H,10,13H2,1-3H3,(H,25,26,27). The van der Waals surface area contributed by atoms with Crippen molar-refractivity contribution in [3.05, 3.63) is 54.2 Å². The number of aromatic nitrogens is 3. The Morgan fingerprint density at radius 2 is 2.07 bits per heavy atom. The molecule has 1 aliphatic heterocycles. The quantitative estimate of drug-likeness (QED) is 0.579. The molecular formula is C22H25N5OS. The number of benzene rings is 1. The normalized spacial score (nSPS) is 16.1. The second-order valence-electron chi connectivity index (χ2n) is 7.60. The molecule has 2 aromatic heterocycles. The number of aryl methyl sites for hydroxylation is 1. The molecule has 150 valence electrons.